The molecule has 5 rings (SSSR count). The Balaban J connectivity index is 1.27. The van der Waals surface area contributed by atoms with Crippen molar-refractivity contribution in [3.05, 3.63) is 88.3 Å². The Morgan fingerprint density at radius 3 is 2.46 bits per heavy atom. The van der Waals surface area contributed by atoms with Crippen LogP contribution in [-0.2, 0) is 17.8 Å². The van der Waals surface area contributed by atoms with E-state index in [1.165, 1.54) is 0 Å². The van der Waals surface area contributed by atoms with Crippen LogP contribution in [0.5, 0.6) is 5.75 Å². The summed E-state index contributed by atoms with van der Waals surface area (Å²) in [6, 6.07) is 20.1. The van der Waals surface area contributed by atoms with Gasteiger partial charge in [0.15, 0.2) is 0 Å². The molecule has 8 nitrogen and oxygen atoms in total. The van der Waals surface area contributed by atoms with Gasteiger partial charge in [-0.3, -0.25) is 9.59 Å². The molecule has 3 aromatic rings. The molecule has 0 unspecified atom stereocenters. The zero-order valence-electron chi connectivity index (χ0n) is 19.6. The van der Waals surface area contributed by atoms with E-state index < -0.39 is 0 Å². The van der Waals surface area contributed by atoms with Gasteiger partial charge in [-0.2, -0.15) is 0 Å². The van der Waals surface area contributed by atoms with Crippen LogP contribution in [0, 0.1) is 5.92 Å². The lowest BCUT2D eigenvalue weighted by Gasteiger charge is -2.42. The van der Waals surface area contributed by atoms with Crippen molar-refractivity contribution < 1.29 is 14.3 Å². The van der Waals surface area contributed by atoms with Gasteiger partial charge in [0.05, 0.1) is 13.5 Å². The summed E-state index contributed by atoms with van der Waals surface area (Å²) in [4.78, 5) is 40.4. The van der Waals surface area contributed by atoms with Crippen LogP contribution in [0.15, 0.2) is 71.5 Å². The van der Waals surface area contributed by atoms with E-state index in [1.54, 1.807) is 29.9 Å². The second kappa shape index (κ2) is 9.66. The minimum atomic E-state index is -0.216. The van der Waals surface area contributed by atoms with Crippen molar-refractivity contribution in [1.29, 1.82) is 0 Å². The lowest BCUT2D eigenvalue weighted by Crippen LogP contribution is -2.50. The summed E-state index contributed by atoms with van der Waals surface area (Å²) < 4.78 is 6.94. The van der Waals surface area contributed by atoms with E-state index in [1.807, 2.05) is 53.4 Å². The van der Waals surface area contributed by atoms with Gasteiger partial charge in [-0.05, 0) is 54.3 Å². The highest BCUT2D eigenvalue weighted by Gasteiger charge is 2.36. The molecule has 2 aliphatic rings. The van der Waals surface area contributed by atoms with Gasteiger partial charge >= 0.3 is 6.03 Å². The molecule has 2 N–H and O–H groups in total. The molecule has 0 aliphatic carbocycles. The van der Waals surface area contributed by atoms with Crippen molar-refractivity contribution >= 4 is 23.3 Å². The number of carbonyl (C=O) groups is 2. The molecule has 3 amide bonds. The average molecular weight is 473 g/mol. The number of hydrogen-bond acceptors (Lipinski definition) is 4. The van der Waals surface area contributed by atoms with Gasteiger partial charge in [0.25, 0.3) is 5.56 Å². The summed E-state index contributed by atoms with van der Waals surface area (Å²) in [7, 11) is 1.60. The summed E-state index contributed by atoms with van der Waals surface area (Å²) >= 11 is 0. The number of amides is 3. The maximum atomic E-state index is 13.2. The molecule has 1 fully saturated rings. The number of aromatic nitrogens is 1. The van der Waals surface area contributed by atoms with Crippen LogP contribution in [0.4, 0.5) is 16.2 Å². The summed E-state index contributed by atoms with van der Waals surface area (Å²) in [6.45, 7) is 1.64. The van der Waals surface area contributed by atoms with Crippen LogP contribution < -0.4 is 20.9 Å². The molecule has 2 aromatic carbocycles. The van der Waals surface area contributed by atoms with Crippen LogP contribution in [0.3, 0.4) is 0 Å². The third-order valence-electron chi connectivity index (χ3n) is 6.71. The van der Waals surface area contributed by atoms with Crippen molar-refractivity contribution in [2.75, 3.05) is 30.8 Å². The number of nitrogens with zero attached hydrogens (tertiary/aromatic N) is 2. The highest BCUT2D eigenvalue weighted by molar-refractivity contribution is 5.92. The average Bonchev–Trinajstić information content (AvgIpc) is 2.87. The normalized spacial score (nSPS) is 18.4. The van der Waals surface area contributed by atoms with Gasteiger partial charge in [0.2, 0.25) is 5.91 Å². The number of ether oxygens (including phenoxy) is 1. The highest BCUT2D eigenvalue weighted by atomic mass is 16.5. The number of anilines is 2. The van der Waals surface area contributed by atoms with Gasteiger partial charge in [-0.15, -0.1) is 0 Å². The number of urea groups is 1. The molecule has 35 heavy (non-hydrogen) atoms. The zero-order valence-corrected chi connectivity index (χ0v) is 19.6. The fourth-order valence-corrected chi connectivity index (χ4v) is 5.06. The number of methoxy groups -OCH3 is 1. The first kappa shape index (κ1) is 22.7. The van der Waals surface area contributed by atoms with Crippen LogP contribution in [-0.4, -0.2) is 41.6 Å². The molecular weight excluding hydrogens is 444 g/mol. The molecule has 0 saturated carbocycles. The van der Waals surface area contributed by atoms with Gasteiger partial charge < -0.3 is 24.8 Å². The lowest BCUT2D eigenvalue weighted by atomic mass is 9.83. The second-order valence-corrected chi connectivity index (χ2v) is 9.16. The maximum absolute atomic E-state index is 13.2. The predicted octanol–water partition coefficient (Wildman–Crippen LogP) is 3.69. The number of hydrogen-bond donors (Lipinski definition) is 2. The molecule has 2 atom stereocenters. The first-order chi connectivity index (χ1) is 17.0. The second-order valence-electron chi connectivity index (χ2n) is 9.16. The lowest BCUT2D eigenvalue weighted by molar-refractivity contribution is -0.115. The Labute approximate surface area is 203 Å². The molecule has 180 valence electrons. The fraction of sp³-hybridized carbons (Fsp3) is 0.296. The van der Waals surface area contributed by atoms with Crippen molar-refractivity contribution in [2.24, 2.45) is 5.92 Å². The Hall–Kier alpha value is -4.07. The fourth-order valence-electron chi connectivity index (χ4n) is 5.06. The molecule has 8 heteroatoms. The van der Waals surface area contributed by atoms with Gasteiger partial charge in [0.1, 0.15) is 11.4 Å². The monoisotopic (exact) mass is 472 g/mol. The number of likely N-dealkylation sites (tertiary alicyclic amines) is 1. The standard InChI is InChI=1S/C27H28N4O4/c1-35-22-9-7-21(8-10-22)28-27(34)30-15-19-13-20(17-30)24-12-11-23(26(33)31(24)16-19)29-25(32)14-18-5-3-2-4-6-18/h2-12,19-20H,13-17H2,1H3,(H,28,34)(H,29,32)/t19-,20-/m1/s1. The summed E-state index contributed by atoms with van der Waals surface area (Å²) in [5.74, 6) is 0.765. The highest BCUT2D eigenvalue weighted by Crippen LogP contribution is 2.35. The van der Waals surface area contributed by atoms with Crippen LogP contribution in [0.1, 0.15) is 23.6 Å². The quantitative estimate of drug-likeness (QED) is 0.592. The number of benzene rings is 2. The first-order valence-corrected chi connectivity index (χ1v) is 11.8. The molecule has 0 spiro atoms. The smallest absolute Gasteiger partial charge is 0.321 e. The molecule has 0 radical (unpaired) electrons. The molecule has 2 bridgehead atoms. The number of piperidine rings is 1. The number of rotatable bonds is 5. The molecule has 1 saturated heterocycles. The van der Waals surface area contributed by atoms with E-state index in [4.69, 9.17) is 4.74 Å². The molecule has 2 aliphatic heterocycles. The Morgan fingerprint density at radius 1 is 0.943 bits per heavy atom. The first-order valence-electron chi connectivity index (χ1n) is 11.8. The van der Waals surface area contributed by atoms with Gasteiger partial charge in [-0.25, -0.2) is 4.79 Å². The summed E-state index contributed by atoms with van der Waals surface area (Å²) in [5, 5.41) is 5.73. The summed E-state index contributed by atoms with van der Waals surface area (Å²) in [6.07, 6.45) is 1.15. The van der Waals surface area contributed by atoms with Gasteiger partial charge in [0, 0.05) is 36.9 Å². The van der Waals surface area contributed by atoms with Crippen LogP contribution >= 0.6 is 0 Å². The molecule has 3 heterocycles. The Bertz CT molecular complexity index is 1290. The predicted molar refractivity (Wildman–Crippen MR) is 134 cm³/mol. The minimum absolute atomic E-state index is 0.0749. The minimum Gasteiger partial charge on any atom is -0.497 e. The van der Waals surface area contributed by atoms with E-state index in [0.717, 1.165) is 23.4 Å². The van der Waals surface area contributed by atoms with E-state index in [-0.39, 0.29) is 35.8 Å². The van der Waals surface area contributed by atoms with Crippen molar-refractivity contribution in [3.8, 4) is 5.75 Å². The van der Waals surface area contributed by atoms with Crippen molar-refractivity contribution in [2.45, 2.75) is 25.3 Å². The Kier molecular flexibility index (Phi) is 6.27. The Morgan fingerprint density at radius 2 is 1.71 bits per heavy atom. The SMILES string of the molecule is COc1ccc(NC(=O)N2C[C@H]3C[C@H](C2)c2ccc(NC(=O)Cc4ccccc4)c(=O)n2C3)cc1. The van der Waals surface area contributed by atoms with Gasteiger partial charge in [-0.1, -0.05) is 30.3 Å². The number of pyridine rings is 1. The number of carbonyl (C=O) groups excluding carboxylic acids is 2. The van der Waals surface area contributed by atoms with E-state index >= 15 is 0 Å². The van der Waals surface area contributed by atoms with E-state index in [9.17, 15) is 14.4 Å². The largest absolute Gasteiger partial charge is 0.497 e. The van der Waals surface area contributed by atoms with Crippen LogP contribution in [0.2, 0.25) is 0 Å². The third-order valence-corrected chi connectivity index (χ3v) is 6.71. The van der Waals surface area contributed by atoms with Crippen molar-refractivity contribution in [3.63, 3.8) is 0 Å². The topological polar surface area (TPSA) is 92.7 Å². The van der Waals surface area contributed by atoms with Crippen LogP contribution in [0.25, 0.3) is 0 Å². The zero-order chi connectivity index (χ0) is 24.4. The number of fused-ring (bicyclic) bond motifs is 4. The molecule has 1 aromatic heterocycles. The summed E-state index contributed by atoms with van der Waals surface area (Å²) in [5.41, 5.74) is 2.62. The maximum Gasteiger partial charge on any atom is 0.321 e. The number of nitrogens with one attached hydrogen (secondary N) is 2. The van der Waals surface area contributed by atoms with E-state index in [0.29, 0.717) is 31.0 Å². The van der Waals surface area contributed by atoms with E-state index in [2.05, 4.69) is 10.6 Å². The van der Waals surface area contributed by atoms with Crippen molar-refractivity contribution in [1.82, 2.24) is 9.47 Å². The molecular formula is C27H28N4O4. The third kappa shape index (κ3) is 4.91.